The maximum atomic E-state index is 12.2. The van der Waals surface area contributed by atoms with Crippen LogP contribution in [0.3, 0.4) is 0 Å². The molecule has 0 saturated carbocycles. The van der Waals surface area contributed by atoms with E-state index in [1.807, 2.05) is 12.1 Å². The number of carbonyl (C=O) groups excluding carboxylic acids is 1. The number of hydrogen-bond donors (Lipinski definition) is 2. The van der Waals surface area contributed by atoms with Gasteiger partial charge in [0.15, 0.2) is 0 Å². The van der Waals surface area contributed by atoms with Crippen molar-refractivity contribution in [3.8, 4) is 12.1 Å². The molecule has 32 heavy (non-hydrogen) atoms. The van der Waals surface area contributed by atoms with E-state index in [2.05, 4.69) is 20.8 Å². The molecule has 164 valence electrons. The van der Waals surface area contributed by atoms with E-state index in [0.717, 1.165) is 6.33 Å². The molecule has 2 aromatic rings. The highest BCUT2D eigenvalue weighted by molar-refractivity contribution is 5.81. The van der Waals surface area contributed by atoms with Gasteiger partial charge in [-0.05, 0) is 5.56 Å². The molecule has 0 radical (unpaired) electrons. The minimum absolute atomic E-state index is 0.0569. The van der Waals surface area contributed by atoms with Gasteiger partial charge >= 0.3 is 5.69 Å². The number of benzene rings is 1. The van der Waals surface area contributed by atoms with Crippen LogP contribution in [-0.4, -0.2) is 38.8 Å². The molecule has 0 unspecified atom stereocenters. The van der Waals surface area contributed by atoms with Crippen molar-refractivity contribution in [3.63, 3.8) is 0 Å². The molecule has 0 aliphatic heterocycles. The van der Waals surface area contributed by atoms with Gasteiger partial charge in [0.1, 0.15) is 6.33 Å². The third-order valence-corrected chi connectivity index (χ3v) is 4.10. The molecule has 0 aliphatic carbocycles. The van der Waals surface area contributed by atoms with Crippen LogP contribution in [0.25, 0.3) is 0 Å². The van der Waals surface area contributed by atoms with Crippen LogP contribution in [0.1, 0.15) is 18.4 Å². The van der Waals surface area contributed by atoms with E-state index in [-0.39, 0.29) is 49.7 Å². The largest absolute Gasteiger partial charge is 0.355 e. The molecule has 0 saturated heterocycles. The van der Waals surface area contributed by atoms with Crippen LogP contribution in [0, 0.1) is 42.9 Å². The Hall–Kier alpha value is -4.85. The molecule has 1 heterocycles. The van der Waals surface area contributed by atoms with Gasteiger partial charge in [0.2, 0.25) is 17.5 Å². The Morgan fingerprint density at radius 2 is 1.66 bits per heavy atom. The lowest BCUT2D eigenvalue weighted by molar-refractivity contribution is -0.384. The number of non-ortho nitro benzene ring substituents is 1. The van der Waals surface area contributed by atoms with Crippen molar-refractivity contribution in [2.24, 2.45) is 0 Å². The molecular formula is C18H17N9O5. The summed E-state index contributed by atoms with van der Waals surface area (Å²) in [4.78, 5) is 42.4. The number of nitrogens with zero attached hydrogens (tertiary/aromatic N) is 7. The second kappa shape index (κ2) is 11.4. The summed E-state index contributed by atoms with van der Waals surface area (Å²) >= 11 is 0. The van der Waals surface area contributed by atoms with Crippen molar-refractivity contribution in [2.75, 3.05) is 23.4 Å². The van der Waals surface area contributed by atoms with Crippen LogP contribution in [0.4, 0.5) is 23.0 Å². The van der Waals surface area contributed by atoms with E-state index in [1.54, 1.807) is 0 Å². The van der Waals surface area contributed by atoms with Crippen molar-refractivity contribution < 1.29 is 14.6 Å². The van der Waals surface area contributed by atoms with Gasteiger partial charge in [0.25, 0.3) is 5.69 Å². The third-order valence-electron chi connectivity index (χ3n) is 4.10. The number of nitro benzene ring substituents is 1. The van der Waals surface area contributed by atoms with Crippen LogP contribution < -0.4 is 15.8 Å². The van der Waals surface area contributed by atoms with Gasteiger partial charge in [0.05, 0.1) is 41.2 Å². The summed E-state index contributed by atoms with van der Waals surface area (Å²) < 4.78 is 0. The zero-order valence-electron chi connectivity index (χ0n) is 16.6. The van der Waals surface area contributed by atoms with Crippen molar-refractivity contribution in [1.29, 1.82) is 10.5 Å². The number of aromatic nitrogens is 2. The molecule has 0 fully saturated rings. The second-order valence-electron chi connectivity index (χ2n) is 6.23. The lowest BCUT2D eigenvalue weighted by Crippen LogP contribution is -2.32. The number of amides is 1. The standard InChI is InChI=1S/C18H17N9O5/c19-7-1-9-25(10-2-8-20)18-16(27(31)32)17(21-12-22-18)24-23-15(28)11-13-3-5-14(6-4-13)26(29)30/h3-6,12H,1-2,9-11H2,(H,23,28)(H,21,22,24). The van der Waals surface area contributed by atoms with Crippen LogP contribution in [0.2, 0.25) is 0 Å². The number of nitro groups is 2. The fourth-order valence-electron chi connectivity index (χ4n) is 2.65. The van der Waals surface area contributed by atoms with Gasteiger partial charge in [-0.25, -0.2) is 9.97 Å². The van der Waals surface area contributed by atoms with Crippen molar-refractivity contribution in [1.82, 2.24) is 15.4 Å². The number of hydrazine groups is 1. The summed E-state index contributed by atoms with van der Waals surface area (Å²) in [6.45, 7) is 0.226. The number of carbonyl (C=O) groups is 1. The second-order valence-corrected chi connectivity index (χ2v) is 6.23. The Kier molecular flexibility index (Phi) is 8.32. The topological polar surface area (TPSA) is 204 Å². The third kappa shape index (κ3) is 6.33. The number of anilines is 2. The first-order chi connectivity index (χ1) is 15.4. The van der Waals surface area contributed by atoms with Gasteiger partial charge in [0, 0.05) is 25.2 Å². The molecule has 0 spiro atoms. The zero-order valence-corrected chi connectivity index (χ0v) is 16.6. The Morgan fingerprint density at radius 1 is 1.03 bits per heavy atom. The molecule has 0 bridgehead atoms. The number of rotatable bonds is 11. The summed E-state index contributed by atoms with van der Waals surface area (Å²) in [6.07, 6.45) is 1.02. The molecule has 1 amide bonds. The van der Waals surface area contributed by atoms with E-state index >= 15 is 0 Å². The van der Waals surface area contributed by atoms with E-state index in [1.165, 1.54) is 29.2 Å². The maximum Gasteiger partial charge on any atom is 0.355 e. The first kappa shape index (κ1) is 23.4. The average Bonchev–Trinajstić information content (AvgIpc) is 2.77. The van der Waals surface area contributed by atoms with Gasteiger partial charge in [-0.2, -0.15) is 10.5 Å². The molecule has 2 N–H and O–H groups in total. The molecular weight excluding hydrogens is 422 g/mol. The van der Waals surface area contributed by atoms with Gasteiger partial charge in [-0.3, -0.25) is 35.9 Å². The predicted octanol–water partition coefficient (Wildman–Crippen LogP) is 1.61. The lowest BCUT2D eigenvalue weighted by atomic mass is 10.1. The van der Waals surface area contributed by atoms with Gasteiger partial charge in [-0.1, -0.05) is 12.1 Å². The van der Waals surface area contributed by atoms with Crippen molar-refractivity contribution >= 4 is 28.9 Å². The molecule has 14 heteroatoms. The lowest BCUT2D eigenvalue weighted by Gasteiger charge is -2.21. The van der Waals surface area contributed by atoms with Gasteiger partial charge < -0.3 is 4.90 Å². The monoisotopic (exact) mass is 439 g/mol. The fourth-order valence-corrected chi connectivity index (χ4v) is 2.65. The Bertz CT molecular complexity index is 1060. The van der Waals surface area contributed by atoms with Gasteiger partial charge in [-0.15, -0.1) is 0 Å². The van der Waals surface area contributed by atoms with Crippen LogP contribution in [-0.2, 0) is 11.2 Å². The summed E-state index contributed by atoms with van der Waals surface area (Å²) in [6, 6.07) is 9.23. The van der Waals surface area contributed by atoms with Crippen molar-refractivity contribution in [2.45, 2.75) is 19.3 Å². The molecule has 0 atom stereocenters. The average molecular weight is 439 g/mol. The van der Waals surface area contributed by atoms with Crippen LogP contribution in [0.15, 0.2) is 30.6 Å². The Balaban J connectivity index is 2.16. The Morgan fingerprint density at radius 3 is 2.19 bits per heavy atom. The molecule has 14 nitrogen and oxygen atoms in total. The van der Waals surface area contributed by atoms with E-state index in [4.69, 9.17) is 10.5 Å². The highest BCUT2D eigenvalue weighted by Gasteiger charge is 2.27. The minimum atomic E-state index is -0.730. The van der Waals surface area contributed by atoms with E-state index in [0.29, 0.717) is 5.56 Å². The molecule has 1 aromatic carbocycles. The molecule has 2 rings (SSSR count). The predicted molar refractivity (Wildman–Crippen MR) is 110 cm³/mol. The maximum absolute atomic E-state index is 12.2. The quantitative estimate of drug-likeness (QED) is 0.380. The SMILES string of the molecule is N#CCCN(CCC#N)c1ncnc(NNC(=O)Cc2ccc([N+](=O)[O-])cc2)c1[N+](=O)[O-]. The van der Waals surface area contributed by atoms with E-state index < -0.39 is 21.4 Å². The summed E-state index contributed by atoms with van der Waals surface area (Å²) in [5, 5.41) is 40.0. The van der Waals surface area contributed by atoms with Crippen molar-refractivity contribution in [3.05, 3.63) is 56.4 Å². The normalized spacial score (nSPS) is 9.81. The first-order valence-corrected chi connectivity index (χ1v) is 9.13. The van der Waals surface area contributed by atoms with Crippen LogP contribution >= 0.6 is 0 Å². The summed E-state index contributed by atoms with van der Waals surface area (Å²) in [5.74, 6) is -0.947. The minimum Gasteiger partial charge on any atom is -0.349 e. The summed E-state index contributed by atoms with van der Waals surface area (Å²) in [5.41, 5.74) is 4.53. The highest BCUT2D eigenvalue weighted by Crippen LogP contribution is 2.31. The smallest absolute Gasteiger partial charge is 0.349 e. The van der Waals surface area contributed by atoms with Crippen LogP contribution in [0.5, 0.6) is 0 Å². The Labute approximate surface area is 181 Å². The number of nitriles is 2. The van der Waals surface area contributed by atoms with E-state index in [9.17, 15) is 25.0 Å². The molecule has 0 aliphatic rings. The number of nitrogens with one attached hydrogen (secondary N) is 2. The zero-order chi connectivity index (χ0) is 23.5. The summed E-state index contributed by atoms with van der Waals surface area (Å²) in [7, 11) is 0. The first-order valence-electron chi connectivity index (χ1n) is 9.13. The fraction of sp³-hybridized carbons (Fsp3) is 0.278. The highest BCUT2D eigenvalue weighted by atomic mass is 16.6. The number of hydrogen-bond acceptors (Lipinski definition) is 11. The molecule has 1 aromatic heterocycles.